The van der Waals surface area contributed by atoms with Crippen molar-refractivity contribution in [1.29, 1.82) is 0 Å². The number of ether oxygens (including phenoxy) is 2. The Labute approximate surface area is 146 Å². The zero-order valence-electron chi connectivity index (χ0n) is 14.9. The van der Waals surface area contributed by atoms with Crippen molar-refractivity contribution in [3.05, 3.63) is 0 Å². The maximum atomic E-state index is 12.1. The highest BCUT2D eigenvalue weighted by molar-refractivity contribution is 5.76. The van der Waals surface area contributed by atoms with Crippen molar-refractivity contribution in [3.8, 4) is 0 Å². The van der Waals surface area contributed by atoms with Gasteiger partial charge in [-0.3, -0.25) is 4.79 Å². The molecule has 2 amide bonds. The summed E-state index contributed by atoms with van der Waals surface area (Å²) in [7, 11) is 0. The van der Waals surface area contributed by atoms with E-state index in [1.807, 2.05) is 0 Å². The molecule has 1 N–H and O–H groups in total. The molecule has 1 fully saturated rings. The molecule has 0 radical (unpaired) electrons. The first-order valence-corrected chi connectivity index (χ1v) is 8.35. The van der Waals surface area contributed by atoms with E-state index in [1.165, 1.54) is 0 Å². The van der Waals surface area contributed by atoms with E-state index in [1.54, 1.807) is 25.7 Å². The summed E-state index contributed by atoms with van der Waals surface area (Å²) in [5, 5.41) is 2.68. The van der Waals surface area contributed by atoms with Gasteiger partial charge in [0.05, 0.1) is 6.61 Å². The molecule has 0 aliphatic carbocycles. The summed E-state index contributed by atoms with van der Waals surface area (Å²) >= 11 is 0. The Morgan fingerprint density at radius 3 is 2.52 bits per heavy atom. The summed E-state index contributed by atoms with van der Waals surface area (Å²) in [5.74, 6) is -0.266. The maximum absolute atomic E-state index is 12.1. The largest absolute Gasteiger partial charge is 0.444 e. The SMILES string of the molecule is CC(C)(C)OC(=O)N1CCCC(CNC(=O)CCOCC(F)(F)F)C1. The Hall–Kier alpha value is -1.51. The second kappa shape index (κ2) is 9.26. The number of nitrogens with zero attached hydrogens (tertiary/aromatic N) is 1. The van der Waals surface area contributed by atoms with E-state index >= 15 is 0 Å². The third-order valence-electron chi connectivity index (χ3n) is 3.50. The highest BCUT2D eigenvalue weighted by atomic mass is 19.4. The summed E-state index contributed by atoms with van der Waals surface area (Å²) in [4.78, 5) is 25.3. The molecule has 0 saturated carbocycles. The molecule has 146 valence electrons. The first-order valence-electron chi connectivity index (χ1n) is 8.35. The molecule has 1 aliphatic heterocycles. The third kappa shape index (κ3) is 10.2. The number of alkyl halides is 3. The van der Waals surface area contributed by atoms with Crippen LogP contribution < -0.4 is 5.32 Å². The molecular weight excluding hydrogens is 341 g/mol. The Bertz CT molecular complexity index is 450. The average molecular weight is 368 g/mol. The Morgan fingerprint density at radius 1 is 1.24 bits per heavy atom. The van der Waals surface area contributed by atoms with Crippen LogP contribution in [0, 0.1) is 5.92 Å². The van der Waals surface area contributed by atoms with Crippen LogP contribution >= 0.6 is 0 Å². The van der Waals surface area contributed by atoms with E-state index in [0.717, 1.165) is 12.8 Å². The lowest BCUT2D eigenvalue weighted by Gasteiger charge is -2.34. The van der Waals surface area contributed by atoms with Crippen LogP contribution in [-0.4, -0.2) is 61.5 Å². The van der Waals surface area contributed by atoms with Gasteiger partial charge in [-0.1, -0.05) is 0 Å². The van der Waals surface area contributed by atoms with Gasteiger partial charge in [-0.2, -0.15) is 13.2 Å². The Kier molecular flexibility index (Phi) is 7.98. The number of amides is 2. The molecule has 9 heteroatoms. The smallest absolute Gasteiger partial charge is 0.411 e. The number of halogens is 3. The molecule has 0 spiro atoms. The van der Waals surface area contributed by atoms with Gasteiger partial charge in [0.1, 0.15) is 12.2 Å². The fraction of sp³-hybridized carbons (Fsp3) is 0.875. The molecule has 1 heterocycles. The van der Waals surface area contributed by atoms with Gasteiger partial charge < -0.3 is 19.7 Å². The molecule has 1 unspecified atom stereocenters. The predicted molar refractivity (Wildman–Crippen MR) is 85.0 cm³/mol. The zero-order valence-corrected chi connectivity index (χ0v) is 14.9. The molecule has 1 aliphatic rings. The standard InChI is InChI=1S/C16H27F3N2O4/c1-15(2,3)25-14(23)21-7-4-5-12(10-21)9-20-13(22)6-8-24-11-16(17,18)19/h12H,4-11H2,1-3H3,(H,20,22). The molecule has 0 aromatic carbocycles. The third-order valence-corrected chi connectivity index (χ3v) is 3.50. The average Bonchev–Trinajstić information content (AvgIpc) is 2.47. The molecule has 0 aromatic heterocycles. The lowest BCUT2D eigenvalue weighted by molar-refractivity contribution is -0.174. The van der Waals surface area contributed by atoms with Crippen LogP contribution in [-0.2, 0) is 14.3 Å². The van der Waals surface area contributed by atoms with Gasteiger partial charge >= 0.3 is 12.3 Å². The van der Waals surface area contributed by atoms with Crippen LogP contribution in [0.2, 0.25) is 0 Å². The highest BCUT2D eigenvalue weighted by Gasteiger charge is 2.28. The Balaban J connectivity index is 2.26. The predicted octanol–water partition coefficient (Wildman–Crippen LogP) is 2.72. The van der Waals surface area contributed by atoms with E-state index in [0.29, 0.717) is 19.6 Å². The van der Waals surface area contributed by atoms with Crippen molar-refractivity contribution in [1.82, 2.24) is 10.2 Å². The van der Waals surface area contributed by atoms with Crippen molar-refractivity contribution in [2.24, 2.45) is 5.92 Å². The monoisotopic (exact) mass is 368 g/mol. The minimum Gasteiger partial charge on any atom is -0.444 e. The van der Waals surface area contributed by atoms with Gasteiger partial charge in [0.25, 0.3) is 0 Å². The number of hydrogen-bond acceptors (Lipinski definition) is 4. The van der Waals surface area contributed by atoms with Gasteiger partial charge in [-0.25, -0.2) is 4.79 Å². The summed E-state index contributed by atoms with van der Waals surface area (Å²) in [6.07, 6.45) is -3.20. The van der Waals surface area contributed by atoms with Crippen LogP contribution in [0.25, 0.3) is 0 Å². The first-order chi connectivity index (χ1) is 11.5. The van der Waals surface area contributed by atoms with Crippen molar-refractivity contribution >= 4 is 12.0 Å². The van der Waals surface area contributed by atoms with E-state index in [4.69, 9.17) is 4.74 Å². The molecule has 1 saturated heterocycles. The van der Waals surface area contributed by atoms with Crippen molar-refractivity contribution < 1.29 is 32.2 Å². The summed E-state index contributed by atoms with van der Waals surface area (Å²) in [6.45, 7) is 5.24. The molecule has 0 bridgehead atoms. The normalized spacial score (nSPS) is 18.8. The number of carbonyl (C=O) groups is 2. The van der Waals surface area contributed by atoms with Crippen LogP contribution in [0.3, 0.4) is 0 Å². The second-order valence-electron chi connectivity index (χ2n) is 7.16. The summed E-state index contributed by atoms with van der Waals surface area (Å²) in [6, 6.07) is 0. The lowest BCUT2D eigenvalue weighted by atomic mass is 9.98. The minimum atomic E-state index is -4.39. The van der Waals surface area contributed by atoms with Crippen LogP contribution in [0.5, 0.6) is 0 Å². The molecule has 6 nitrogen and oxygen atoms in total. The van der Waals surface area contributed by atoms with Gasteiger partial charge in [-0.15, -0.1) is 0 Å². The van der Waals surface area contributed by atoms with E-state index in [-0.39, 0.29) is 30.9 Å². The quantitative estimate of drug-likeness (QED) is 0.732. The van der Waals surface area contributed by atoms with Crippen LogP contribution in [0.15, 0.2) is 0 Å². The Morgan fingerprint density at radius 2 is 1.92 bits per heavy atom. The van der Waals surface area contributed by atoms with Gasteiger partial charge in [0, 0.05) is 26.1 Å². The van der Waals surface area contributed by atoms with E-state index in [9.17, 15) is 22.8 Å². The van der Waals surface area contributed by atoms with E-state index < -0.39 is 18.4 Å². The van der Waals surface area contributed by atoms with Crippen LogP contribution in [0.4, 0.5) is 18.0 Å². The number of rotatable bonds is 6. The lowest BCUT2D eigenvalue weighted by Crippen LogP contribution is -2.45. The molecule has 25 heavy (non-hydrogen) atoms. The highest BCUT2D eigenvalue weighted by Crippen LogP contribution is 2.19. The topological polar surface area (TPSA) is 67.9 Å². The minimum absolute atomic E-state index is 0.0984. The number of nitrogens with one attached hydrogen (secondary N) is 1. The van der Waals surface area contributed by atoms with Gasteiger partial charge in [-0.05, 0) is 39.5 Å². The fourth-order valence-electron chi connectivity index (χ4n) is 2.42. The number of piperidine rings is 1. The fourth-order valence-corrected chi connectivity index (χ4v) is 2.42. The number of likely N-dealkylation sites (tertiary alicyclic amines) is 1. The second-order valence-corrected chi connectivity index (χ2v) is 7.16. The van der Waals surface area contributed by atoms with Crippen molar-refractivity contribution in [3.63, 3.8) is 0 Å². The van der Waals surface area contributed by atoms with E-state index in [2.05, 4.69) is 10.1 Å². The molecule has 1 atom stereocenters. The zero-order chi connectivity index (χ0) is 19.1. The summed E-state index contributed by atoms with van der Waals surface area (Å²) < 4.78 is 45.5. The first kappa shape index (κ1) is 21.5. The molecule has 1 rings (SSSR count). The van der Waals surface area contributed by atoms with Crippen LogP contribution in [0.1, 0.15) is 40.0 Å². The van der Waals surface area contributed by atoms with Crippen molar-refractivity contribution in [2.45, 2.75) is 51.8 Å². The van der Waals surface area contributed by atoms with Crippen molar-refractivity contribution in [2.75, 3.05) is 32.8 Å². The van der Waals surface area contributed by atoms with Gasteiger partial charge in [0.15, 0.2) is 0 Å². The molecular formula is C16H27F3N2O4. The summed E-state index contributed by atoms with van der Waals surface area (Å²) in [5.41, 5.74) is -0.561. The maximum Gasteiger partial charge on any atom is 0.411 e. The number of carbonyl (C=O) groups excluding carboxylic acids is 2. The van der Waals surface area contributed by atoms with Gasteiger partial charge in [0.2, 0.25) is 5.91 Å². The molecule has 0 aromatic rings. The number of hydrogen-bond donors (Lipinski definition) is 1.